The first-order chi connectivity index (χ1) is 10.4. The minimum Gasteiger partial charge on any atom is -0.355 e. The van der Waals surface area contributed by atoms with Crippen LogP contribution in [0.15, 0.2) is 29.3 Å². The number of guanidine groups is 1. The lowest BCUT2D eigenvalue weighted by Crippen LogP contribution is -2.43. The van der Waals surface area contributed by atoms with Gasteiger partial charge in [-0.2, -0.15) is 11.8 Å². The standard InChI is InChI=1S/C17H30N4S/c1-17(2,22-6)13-20-16(18-3)19-11-14-9-7-8-10-15(14)12-21(4)5/h7-10H,11-13H2,1-6H3,(H2,18,19,20). The number of benzene rings is 1. The highest BCUT2D eigenvalue weighted by atomic mass is 32.2. The highest BCUT2D eigenvalue weighted by Crippen LogP contribution is 2.19. The summed E-state index contributed by atoms with van der Waals surface area (Å²) in [6.45, 7) is 7.06. The number of thioether (sulfide) groups is 1. The molecule has 0 saturated carbocycles. The molecule has 124 valence electrons. The van der Waals surface area contributed by atoms with Gasteiger partial charge in [0.05, 0.1) is 0 Å². The van der Waals surface area contributed by atoms with E-state index in [0.29, 0.717) is 0 Å². The van der Waals surface area contributed by atoms with Gasteiger partial charge in [0.15, 0.2) is 5.96 Å². The monoisotopic (exact) mass is 322 g/mol. The lowest BCUT2D eigenvalue weighted by molar-refractivity contribution is 0.400. The van der Waals surface area contributed by atoms with Crippen LogP contribution in [-0.2, 0) is 13.1 Å². The van der Waals surface area contributed by atoms with Crippen LogP contribution in [0, 0.1) is 0 Å². The molecule has 0 atom stereocenters. The van der Waals surface area contributed by atoms with Gasteiger partial charge in [-0.15, -0.1) is 0 Å². The van der Waals surface area contributed by atoms with Crippen LogP contribution in [-0.4, -0.2) is 49.6 Å². The summed E-state index contributed by atoms with van der Waals surface area (Å²) in [6.07, 6.45) is 2.13. The Labute approximate surface area is 139 Å². The van der Waals surface area contributed by atoms with Gasteiger partial charge in [-0.25, -0.2) is 0 Å². The summed E-state index contributed by atoms with van der Waals surface area (Å²) in [5.41, 5.74) is 2.66. The number of nitrogens with zero attached hydrogens (tertiary/aromatic N) is 2. The van der Waals surface area contributed by atoms with Gasteiger partial charge in [0.25, 0.3) is 0 Å². The number of aliphatic imine (C=N–C) groups is 1. The molecular formula is C17H30N4S. The van der Waals surface area contributed by atoms with E-state index in [9.17, 15) is 0 Å². The molecule has 0 bridgehead atoms. The Bertz CT molecular complexity index is 483. The number of nitrogens with one attached hydrogen (secondary N) is 2. The second-order valence-electron chi connectivity index (χ2n) is 6.25. The van der Waals surface area contributed by atoms with Crippen LogP contribution in [0.4, 0.5) is 0 Å². The predicted octanol–water partition coefficient (Wildman–Crippen LogP) is 2.55. The number of rotatable bonds is 7. The molecule has 5 heteroatoms. The van der Waals surface area contributed by atoms with Crippen molar-refractivity contribution in [3.8, 4) is 0 Å². The van der Waals surface area contributed by atoms with Crippen LogP contribution < -0.4 is 10.6 Å². The van der Waals surface area contributed by atoms with Gasteiger partial charge in [0, 0.05) is 31.4 Å². The van der Waals surface area contributed by atoms with Crippen molar-refractivity contribution >= 4 is 17.7 Å². The van der Waals surface area contributed by atoms with Crippen molar-refractivity contribution in [3.63, 3.8) is 0 Å². The van der Waals surface area contributed by atoms with Gasteiger partial charge in [0.2, 0.25) is 0 Å². The highest BCUT2D eigenvalue weighted by Gasteiger charge is 2.16. The van der Waals surface area contributed by atoms with Gasteiger partial charge < -0.3 is 15.5 Å². The molecule has 0 heterocycles. The van der Waals surface area contributed by atoms with E-state index in [-0.39, 0.29) is 4.75 Å². The molecule has 0 spiro atoms. The van der Waals surface area contributed by atoms with E-state index >= 15 is 0 Å². The van der Waals surface area contributed by atoms with Crippen LogP contribution >= 0.6 is 11.8 Å². The van der Waals surface area contributed by atoms with Gasteiger partial charge in [0.1, 0.15) is 0 Å². The minimum atomic E-state index is 0.195. The smallest absolute Gasteiger partial charge is 0.191 e. The Morgan fingerprint density at radius 3 is 2.36 bits per heavy atom. The van der Waals surface area contributed by atoms with Gasteiger partial charge >= 0.3 is 0 Å². The first-order valence-electron chi connectivity index (χ1n) is 7.59. The van der Waals surface area contributed by atoms with Crippen molar-refractivity contribution in [2.24, 2.45) is 4.99 Å². The lowest BCUT2D eigenvalue weighted by Gasteiger charge is -2.24. The second kappa shape index (κ2) is 9.06. The topological polar surface area (TPSA) is 39.7 Å². The molecule has 0 aliphatic rings. The van der Waals surface area contributed by atoms with E-state index in [0.717, 1.165) is 25.6 Å². The Balaban J connectivity index is 2.60. The predicted molar refractivity (Wildman–Crippen MR) is 99.6 cm³/mol. The Morgan fingerprint density at radius 1 is 1.18 bits per heavy atom. The molecule has 0 unspecified atom stereocenters. The van der Waals surface area contributed by atoms with Crippen LogP contribution in [0.1, 0.15) is 25.0 Å². The molecular weight excluding hydrogens is 292 g/mol. The number of hydrogen-bond acceptors (Lipinski definition) is 3. The Morgan fingerprint density at radius 2 is 1.82 bits per heavy atom. The zero-order valence-electron chi connectivity index (χ0n) is 14.7. The van der Waals surface area contributed by atoms with Crippen molar-refractivity contribution in [2.75, 3.05) is 33.9 Å². The second-order valence-corrected chi connectivity index (χ2v) is 7.76. The van der Waals surface area contributed by atoms with E-state index in [1.165, 1.54) is 11.1 Å². The quantitative estimate of drug-likeness (QED) is 0.598. The van der Waals surface area contributed by atoms with E-state index in [1.807, 2.05) is 18.8 Å². The summed E-state index contributed by atoms with van der Waals surface area (Å²) < 4.78 is 0.195. The Kier molecular flexibility index (Phi) is 7.76. The highest BCUT2D eigenvalue weighted by molar-refractivity contribution is 7.99. The summed E-state index contributed by atoms with van der Waals surface area (Å²) in [7, 11) is 6.00. The minimum absolute atomic E-state index is 0.195. The van der Waals surface area contributed by atoms with Crippen molar-refractivity contribution < 1.29 is 0 Å². The molecule has 4 nitrogen and oxygen atoms in total. The fraction of sp³-hybridized carbons (Fsp3) is 0.588. The summed E-state index contributed by atoms with van der Waals surface area (Å²) in [4.78, 5) is 6.49. The van der Waals surface area contributed by atoms with Crippen LogP contribution in [0.25, 0.3) is 0 Å². The fourth-order valence-corrected chi connectivity index (χ4v) is 2.21. The van der Waals surface area contributed by atoms with E-state index in [1.54, 1.807) is 0 Å². The van der Waals surface area contributed by atoms with Crippen molar-refractivity contribution in [2.45, 2.75) is 31.7 Å². The van der Waals surface area contributed by atoms with E-state index < -0.39 is 0 Å². The maximum absolute atomic E-state index is 4.31. The SMILES string of the molecule is CN=C(NCc1ccccc1CN(C)C)NCC(C)(C)SC. The maximum atomic E-state index is 4.31. The molecule has 1 aromatic carbocycles. The summed E-state index contributed by atoms with van der Waals surface area (Å²) in [5, 5.41) is 6.81. The molecule has 0 aliphatic carbocycles. The molecule has 0 aliphatic heterocycles. The first kappa shape index (κ1) is 18.8. The Hall–Kier alpha value is -1.20. The summed E-state index contributed by atoms with van der Waals surface area (Å²) >= 11 is 1.85. The molecule has 1 rings (SSSR count). The largest absolute Gasteiger partial charge is 0.355 e. The van der Waals surface area contributed by atoms with Crippen molar-refractivity contribution in [1.29, 1.82) is 0 Å². The summed E-state index contributed by atoms with van der Waals surface area (Å²) in [6, 6.07) is 8.54. The van der Waals surface area contributed by atoms with Gasteiger partial charge in [-0.1, -0.05) is 24.3 Å². The fourth-order valence-electron chi connectivity index (χ4n) is 1.99. The molecule has 0 aromatic heterocycles. The molecule has 0 amide bonds. The van der Waals surface area contributed by atoms with E-state index in [2.05, 4.69) is 79.0 Å². The van der Waals surface area contributed by atoms with Crippen LogP contribution in [0.5, 0.6) is 0 Å². The zero-order valence-corrected chi connectivity index (χ0v) is 15.5. The lowest BCUT2D eigenvalue weighted by atomic mass is 10.1. The third kappa shape index (κ3) is 6.71. The molecule has 0 radical (unpaired) electrons. The van der Waals surface area contributed by atoms with E-state index in [4.69, 9.17) is 0 Å². The first-order valence-corrected chi connectivity index (χ1v) is 8.81. The van der Waals surface area contributed by atoms with Crippen LogP contribution in [0.2, 0.25) is 0 Å². The third-order valence-electron chi connectivity index (χ3n) is 3.51. The molecule has 0 fully saturated rings. The average Bonchev–Trinajstić information content (AvgIpc) is 2.48. The zero-order chi connectivity index (χ0) is 16.6. The number of hydrogen-bond donors (Lipinski definition) is 2. The summed E-state index contributed by atoms with van der Waals surface area (Å²) in [5.74, 6) is 0.849. The average molecular weight is 323 g/mol. The third-order valence-corrected chi connectivity index (χ3v) is 4.76. The molecule has 22 heavy (non-hydrogen) atoms. The van der Waals surface area contributed by atoms with Gasteiger partial charge in [-0.05, 0) is 45.3 Å². The van der Waals surface area contributed by atoms with Crippen molar-refractivity contribution in [3.05, 3.63) is 35.4 Å². The molecule has 0 saturated heterocycles. The molecule has 1 aromatic rings. The maximum Gasteiger partial charge on any atom is 0.191 e. The van der Waals surface area contributed by atoms with Crippen molar-refractivity contribution in [1.82, 2.24) is 15.5 Å². The van der Waals surface area contributed by atoms with Gasteiger partial charge in [-0.3, -0.25) is 4.99 Å². The molecule has 2 N–H and O–H groups in total. The normalized spacial score (nSPS) is 12.6. The van der Waals surface area contributed by atoms with Crippen LogP contribution in [0.3, 0.4) is 0 Å².